The van der Waals surface area contributed by atoms with E-state index in [0.717, 1.165) is 0 Å². The van der Waals surface area contributed by atoms with E-state index in [1.165, 1.54) is 4.90 Å². The molecule has 8 nitrogen and oxygen atoms in total. The van der Waals surface area contributed by atoms with Crippen molar-refractivity contribution >= 4 is 23.5 Å². The molecule has 0 saturated heterocycles. The Balaban J connectivity index is 1.73. The van der Waals surface area contributed by atoms with Crippen LogP contribution in [0.15, 0.2) is 48.5 Å². The highest BCUT2D eigenvalue weighted by Gasteiger charge is 2.11. The minimum atomic E-state index is -0.669. The monoisotopic (exact) mass is 386 g/mol. The summed E-state index contributed by atoms with van der Waals surface area (Å²) < 4.78 is 15.2. The van der Waals surface area contributed by atoms with Crippen molar-refractivity contribution in [3.05, 3.63) is 54.1 Å². The maximum atomic E-state index is 11.9. The van der Waals surface area contributed by atoms with Gasteiger partial charge in [0.05, 0.1) is 7.11 Å². The van der Waals surface area contributed by atoms with Crippen LogP contribution in [0.25, 0.3) is 0 Å². The van der Waals surface area contributed by atoms with Gasteiger partial charge in [-0.15, -0.1) is 0 Å². The Morgan fingerprint density at radius 3 is 2.07 bits per heavy atom. The summed E-state index contributed by atoms with van der Waals surface area (Å²) in [6, 6.07) is 13.1. The lowest BCUT2D eigenvalue weighted by molar-refractivity contribution is -0.149. The Hall–Kier alpha value is -3.55. The van der Waals surface area contributed by atoms with Crippen molar-refractivity contribution in [2.24, 2.45) is 0 Å². The van der Waals surface area contributed by atoms with Crippen molar-refractivity contribution in [1.82, 2.24) is 4.90 Å². The Kier molecular flexibility index (Phi) is 7.38. The lowest BCUT2D eigenvalue weighted by atomic mass is 10.2. The van der Waals surface area contributed by atoms with E-state index in [1.807, 2.05) is 0 Å². The zero-order valence-corrected chi connectivity index (χ0v) is 15.9. The first kappa shape index (κ1) is 20.8. The molecule has 0 atom stereocenters. The van der Waals surface area contributed by atoms with E-state index in [9.17, 15) is 14.4 Å². The smallest absolute Gasteiger partial charge is 0.344 e. The van der Waals surface area contributed by atoms with Gasteiger partial charge in [0.15, 0.2) is 13.2 Å². The summed E-state index contributed by atoms with van der Waals surface area (Å²) in [6.45, 7) is -0.760. The van der Waals surface area contributed by atoms with E-state index in [0.29, 0.717) is 22.7 Å². The third-order valence-electron chi connectivity index (χ3n) is 3.60. The molecule has 0 aliphatic rings. The Morgan fingerprint density at radius 1 is 0.893 bits per heavy atom. The lowest BCUT2D eigenvalue weighted by Gasteiger charge is -2.11. The summed E-state index contributed by atoms with van der Waals surface area (Å²) in [6.07, 6.45) is 0. The first-order valence-electron chi connectivity index (χ1n) is 8.43. The molecule has 0 fully saturated rings. The normalized spacial score (nSPS) is 9.96. The molecule has 0 radical (unpaired) electrons. The summed E-state index contributed by atoms with van der Waals surface area (Å²) >= 11 is 0. The average Bonchev–Trinajstić information content (AvgIpc) is 2.71. The van der Waals surface area contributed by atoms with Gasteiger partial charge in [-0.2, -0.15) is 0 Å². The predicted molar refractivity (Wildman–Crippen MR) is 103 cm³/mol. The number of anilines is 1. The second-order valence-corrected chi connectivity index (χ2v) is 5.95. The van der Waals surface area contributed by atoms with Crippen molar-refractivity contribution in [3.8, 4) is 11.5 Å². The molecule has 0 heterocycles. The highest BCUT2D eigenvalue weighted by Crippen LogP contribution is 2.17. The zero-order chi connectivity index (χ0) is 20.5. The second kappa shape index (κ2) is 9.96. The van der Waals surface area contributed by atoms with Crippen LogP contribution in [0.4, 0.5) is 5.69 Å². The summed E-state index contributed by atoms with van der Waals surface area (Å²) in [5, 5.41) is 2.58. The summed E-state index contributed by atoms with van der Waals surface area (Å²) in [7, 11) is 4.87. The van der Waals surface area contributed by atoms with Crippen LogP contribution in [-0.2, 0) is 14.3 Å². The number of hydrogen-bond donors (Lipinski definition) is 1. The molecule has 148 valence electrons. The van der Waals surface area contributed by atoms with Gasteiger partial charge in [0, 0.05) is 25.3 Å². The van der Waals surface area contributed by atoms with Crippen molar-refractivity contribution in [2.75, 3.05) is 39.7 Å². The van der Waals surface area contributed by atoms with Crippen LogP contribution in [0.3, 0.4) is 0 Å². The molecule has 2 amide bonds. The van der Waals surface area contributed by atoms with Gasteiger partial charge in [0.1, 0.15) is 11.5 Å². The molecule has 0 saturated carbocycles. The van der Waals surface area contributed by atoms with Gasteiger partial charge in [-0.1, -0.05) is 0 Å². The van der Waals surface area contributed by atoms with Crippen LogP contribution in [-0.4, -0.2) is 57.1 Å². The maximum absolute atomic E-state index is 11.9. The average molecular weight is 386 g/mol. The molecule has 28 heavy (non-hydrogen) atoms. The van der Waals surface area contributed by atoms with Gasteiger partial charge in [-0.25, -0.2) is 4.79 Å². The first-order chi connectivity index (χ1) is 13.4. The molecule has 2 aromatic rings. The molecule has 2 aromatic carbocycles. The number of carbonyl (C=O) groups excluding carboxylic acids is 3. The Labute approximate surface area is 163 Å². The third-order valence-corrected chi connectivity index (χ3v) is 3.60. The molecule has 0 bridgehead atoms. The summed E-state index contributed by atoms with van der Waals surface area (Å²) in [4.78, 5) is 36.8. The minimum absolute atomic E-state index is 0.135. The van der Waals surface area contributed by atoms with E-state index in [-0.39, 0.29) is 12.5 Å². The fraction of sp³-hybridized carbons (Fsp3) is 0.250. The number of carbonyl (C=O) groups is 3. The molecule has 0 unspecified atom stereocenters. The Bertz CT molecular complexity index is 816. The fourth-order valence-corrected chi connectivity index (χ4v) is 2.15. The molecule has 0 aliphatic carbocycles. The quantitative estimate of drug-likeness (QED) is 0.697. The predicted octanol–water partition coefficient (Wildman–Crippen LogP) is 1.96. The molecule has 0 aliphatic heterocycles. The van der Waals surface area contributed by atoms with Crippen LogP contribution in [0.5, 0.6) is 11.5 Å². The third kappa shape index (κ3) is 6.31. The number of hydrogen-bond acceptors (Lipinski definition) is 6. The van der Waals surface area contributed by atoms with E-state index in [1.54, 1.807) is 69.7 Å². The van der Waals surface area contributed by atoms with Crippen LogP contribution in [0, 0.1) is 0 Å². The summed E-state index contributed by atoms with van der Waals surface area (Å²) in [5.41, 5.74) is 0.996. The van der Waals surface area contributed by atoms with Gasteiger partial charge in [-0.05, 0) is 48.5 Å². The standard InChI is InChI=1S/C20H22N2O6/c1-22(2)20(25)14-4-6-15(7-5-14)21-18(23)12-28-19(24)13-27-17-10-8-16(26-3)9-11-17/h4-11H,12-13H2,1-3H3,(H,21,23). The number of methoxy groups -OCH3 is 1. The van der Waals surface area contributed by atoms with Crippen molar-refractivity contribution in [1.29, 1.82) is 0 Å². The largest absolute Gasteiger partial charge is 0.497 e. The number of nitrogens with zero attached hydrogens (tertiary/aromatic N) is 1. The lowest BCUT2D eigenvalue weighted by Crippen LogP contribution is -2.24. The van der Waals surface area contributed by atoms with Gasteiger partial charge >= 0.3 is 5.97 Å². The minimum Gasteiger partial charge on any atom is -0.497 e. The van der Waals surface area contributed by atoms with Gasteiger partial charge in [0.2, 0.25) is 0 Å². The van der Waals surface area contributed by atoms with Crippen LogP contribution in [0.2, 0.25) is 0 Å². The van der Waals surface area contributed by atoms with Crippen molar-refractivity contribution in [3.63, 3.8) is 0 Å². The number of rotatable bonds is 8. The SMILES string of the molecule is COc1ccc(OCC(=O)OCC(=O)Nc2ccc(C(=O)N(C)C)cc2)cc1. The van der Waals surface area contributed by atoms with Crippen molar-refractivity contribution in [2.45, 2.75) is 0 Å². The number of amides is 2. The van der Waals surface area contributed by atoms with Crippen LogP contribution in [0.1, 0.15) is 10.4 Å². The van der Waals surface area contributed by atoms with E-state index >= 15 is 0 Å². The molecular formula is C20H22N2O6. The molecule has 2 rings (SSSR count). The molecular weight excluding hydrogens is 364 g/mol. The van der Waals surface area contributed by atoms with Crippen molar-refractivity contribution < 1.29 is 28.6 Å². The molecule has 0 spiro atoms. The number of nitrogens with one attached hydrogen (secondary N) is 1. The molecule has 1 N–H and O–H groups in total. The maximum Gasteiger partial charge on any atom is 0.344 e. The number of ether oxygens (including phenoxy) is 3. The van der Waals surface area contributed by atoms with E-state index in [2.05, 4.69) is 5.32 Å². The summed E-state index contributed by atoms with van der Waals surface area (Å²) in [5.74, 6) is -0.147. The van der Waals surface area contributed by atoms with Gasteiger partial charge < -0.3 is 24.4 Å². The second-order valence-electron chi connectivity index (χ2n) is 5.95. The fourth-order valence-electron chi connectivity index (χ4n) is 2.15. The van der Waals surface area contributed by atoms with E-state index < -0.39 is 18.5 Å². The molecule has 8 heteroatoms. The first-order valence-corrected chi connectivity index (χ1v) is 8.43. The van der Waals surface area contributed by atoms with E-state index in [4.69, 9.17) is 14.2 Å². The van der Waals surface area contributed by atoms with Crippen LogP contribution >= 0.6 is 0 Å². The zero-order valence-electron chi connectivity index (χ0n) is 15.9. The topological polar surface area (TPSA) is 94.2 Å². The Morgan fingerprint density at radius 2 is 1.50 bits per heavy atom. The highest BCUT2D eigenvalue weighted by molar-refractivity contribution is 5.96. The number of esters is 1. The van der Waals surface area contributed by atoms with Gasteiger partial charge in [-0.3, -0.25) is 9.59 Å². The van der Waals surface area contributed by atoms with Crippen LogP contribution < -0.4 is 14.8 Å². The van der Waals surface area contributed by atoms with Gasteiger partial charge in [0.25, 0.3) is 11.8 Å². The number of benzene rings is 2. The molecule has 0 aromatic heterocycles. The highest BCUT2D eigenvalue weighted by atomic mass is 16.6.